The summed E-state index contributed by atoms with van der Waals surface area (Å²) in [6.07, 6.45) is 12.2. The van der Waals surface area contributed by atoms with Crippen molar-refractivity contribution in [1.29, 1.82) is 0 Å². The van der Waals surface area contributed by atoms with Crippen LogP contribution in [0, 0.1) is 0 Å². The molecule has 0 fully saturated rings. The van der Waals surface area contributed by atoms with Crippen molar-refractivity contribution < 1.29 is 19.1 Å². The third-order valence-corrected chi connectivity index (χ3v) is 8.06. The number of nitrogens with zero attached hydrogens (tertiary/aromatic N) is 2. The Morgan fingerprint density at radius 2 is 0.773 bits per heavy atom. The monoisotopic (exact) mass is 608 g/mol. The highest BCUT2D eigenvalue weighted by molar-refractivity contribution is 5.70. The van der Waals surface area contributed by atoms with Crippen molar-refractivity contribution in [2.24, 2.45) is 0 Å². The van der Waals surface area contributed by atoms with Gasteiger partial charge in [0.05, 0.1) is 0 Å². The molecule has 6 nitrogen and oxygen atoms in total. The van der Waals surface area contributed by atoms with Gasteiger partial charge in [0.25, 0.3) is 0 Å². The van der Waals surface area contributed by atoms with E-state index >= 15 is 0 Å². The van der Waals surface area contributed by atoms with E-state index in [0.717, 1.165) is 74.4 Å². The minimum Gasteiger partial charge on any atom is -0.461 e. The van der Waals surface area contributed by atoms with Crippen LogP contribution in [0.15, 0.2) is 48.5 Å². The molecule has 2 aromatic rings. The molecule has 0 radical (unpaired) electrons. The van der Waals surface area contributed by atoms with Crippen molar-refractivity contribution in [1.82, 2.24) is 9.80 Å². The van der Waals surface area contributed by atoms with E-state index in [2.05, 4.69) is 61.8 Å². The van der Waals surface area contributed by atoms with Crippen molar-refractivity contribution in [3.8, 4) is 11.1 Å². The Hall–Kier alpha value is -2.70. The standard InChI is InChI=1S/C38H60N2O4/c1-5-9-25-39(26-10-6-2)29-13-15-37(41)43-31-33-17-21-35(22-18-33)36-23-19-34(20-24-36)32-44-38(42)16-14-30-40(27-11-7-3)28-12-8-4/h17-24H,5-16,25-32H2,1-4H3. The molecule has 0 aliphatic carbocycles. The highest BCUT2D eigenvalue weighted by atomic mass is 16.5. The second-order valence-corrected chi connectivity index (χ2v) is 12.0. The molecule has 0 amide bonds. The van der Waals surface area contributed by atoms with Crippen LogP contribution in [0.25, 0.3) is 11.1 Å². The second kappa shape index (κ2) is 23.7. The first-order chi connectivity index (χ1) is 21.5. The molecule has 2 aromatic carbocycles. The maximum Gasteiger partial charge on any atom is 0.306 e. The van der Waals surface area contributed by atoms with Crippen LogP contribution in [0.4, 0.5) is 0 Å². The van der Waals surface area contributed by atoms with E-state index in [1.807, 2.05) is 24.3 Å². The van der Waals surface area contributed by atoms with E-state index in [-0.39, 0.29) is 11.9 Å². The summed E-state index contributed by atoms with van der Waals surface area (Å²) < 4.78 is 11.1. The zero-order valence-electron chi connectivity index (χ0n) is 28.3. The fourth-order valence-electron chi connectivity index (χ4n) is 5.15. The summed E-state index contributed by atoms with van der Waals surface area (Å²) in [7, 11) is 0. The molecule has 0 heterocycles. The van der Waals surface area contributed by atoms with Crippen LogP contribution in [-0.2, 0) is 32.3 Å². The first-order valence-electron chi connectivity index (χ1n) is 17.4. The molecular weight excluding hydrogens is 548 g/mol. The number of benzene rings is 2. The summed E-state index contributed by atoms with van der Waals surface area (Å²) in [5.74, 6) is -0.255. The smallest absolute Gasteiger partial charge is 0.306 e. The molecule has 0 aliphatic rings. The van der Waals surface area contributed by atoms with E-state index in [1.54, 1.807) is 0 Å². The highest BCUT2D eigenvalue weighted by Gasteiger charge is 2.10. The first kappa shape index (κ1) is 37.5. The first-order valence-corrected chi connectivity index (χ1v) is 17.4. The Morgan fingerprint density at radius 1 is 0.477 bits per heavy atom. The van der Waals surface area contributed by atoms with Gasteiger partial charge < -0.3 is 19.3 Å². The fourth-order valence-corrected chi connectivity index (χ4v) is 5.15. The van der Waals surface area contributed by atoms with Gasteiger partial charge in [-0.05, 0) is 100 Å². The van der Waals surface area contributed by atoms with Gasteiger partial charge in [-0.2, -0.15) is 0 Å². The Labute approximate surface area is 268 Å². The lowest BCUT2D eigenvalue weighted by atomic mass is 10.0. The Kier molecular flexibility index (Phi) is 20.2. The Balaban J connectivity index is 1.70. The summed E-state index contributed by atoms with van der Waals surface area (Å²) in [4.78, 5) is 29.6. The Bertz CT molecular complexity index is 923. The molecule has 0 saturated heterocycles. The van der Waals surface area contributed by atoms with E-state index < -0.39 is 0 Å². The average Bonchev–Trinajstić information content (AvgIpc) is 3.05. The number of unbranched alkanes of at least 4 members (excludes halogenated alkanes) is 4. The lowest BCUT2D eigenvalue weighted by molar-refractivity contribution is -0.146. The molecule has 246 valence electrons. The molecule has 0 bridgehead atoms. The van der Waals surface area contributed by atoms with Gasteiger partial charge in [-0.1, -0.05) is 102 Å². The third kappa shape index (κ3) is 16.4. The molecule has 6 heteroatoms. The number of carbonyl (C=O) groups is 2. The number of hydrogen-bond acceptors (Lipinski definition) is 6. The molecule has 0 N–H and O–H groups in total. The van der Waals surface area contributed by atoms with Crippen molar-refractivity contribution >= 4 is 11.9 Å². The number of carbonyl (C=O) groups excluding carboxylic acids is 2. The lowest BCUT2D eigenvalue weighted by Crippen LogP contribution is -2.27. The zero-order valence-corrected chi connectivity index (χ0v) is 28.3. The molecule has 0 unspecified atom stereocenters. The quantitative estimate of drug-likeness (QED) is 0.105. The van der Waals surface area contributed by atoms with Crippen LogP contribution in [0.5, 0.6) is 0 Å². The topological polar surface area (TPSA) is 59.1 Å². The normalized spacial score (nSPS) is 11.3. The minimum atomic E-state index is -0.128. The maximum absolute atomic E-state index is 12.3. The highest BCUT2D eigenvalue weighted by Crippen LogP contribution is 2.21. The van der Waals surface area contributed by atoms with Gasteiger partial charge in [0.2, 0.25) is 0 Å². The Morgan fingerprint density at radius 3 is 1.07 bits per heavy atom. The van der Waals surface area contributed by atoms with E-state index in [1.165, 1.54) is 51.4 Å². The number of rotatable bonds is 25. The molecule has 44 heavy (non-hydrogen) atoms. The third-order valence-electron chi connectivity index (χ3n) is 8.06. The van der Waals surface area contributed by atoms with Crippen LogP contribution in [-0.4, -0.2) is 61.0 Å². The predicted octanol–water partition coefficient (Wildman–Crippen LogP) is 8.80. The number of ether oxygens (including phenoxy) is 2. The zero-order chi connectivity index (χ0) is 31.8. The van der Waals surface area contributed by atoms with E-state index in [4.69, 9.17) is 9.47 Å². The number of hydrogen-bond donors (Lipinski definition) is 0. The van der Waals surface area contributed by atoms with Gasteiger partial charge in [0.15, 0.2) is 0 Å². The van der Waals surface area contributed by atoms with Gasteiger partial charge in [-0.3, -0.25) is 9.59 Å². The van der Waals surface area contributed by atoms with Gasteiger partial charge in [0, 0.05) is 12.8 Å². The summed E-state index contributed by atoms with van der Waals surface area (Å²) >= 11 is 0. The largest absolute Gasteiger partial charge is 0.461 e. The van der Waals surface area contributed by atoms with Gasteiger partial charge >= 0.3 is 11.9 Å². The van der Waals surface area contributed by atoms with Crippen molar-refractivity contribution in [2.45, 2.75) is 118 Å². The van der Waals surface area contributed by atoms with Gasteiger partial charge in [-0.15, -0.1) is 0 Å². The average molecular weight is 609 g/mol. The van der Waals surface area contributed by atoms with Crippen molar-refractivity contribution in [2.75, 3.05) is 39.3 Å². The summed E-state index contributed by atoms with van der Waals surface area (Å²) in [6, 6.07) is 16.3. The minimum absolute atomic E-state index is 0.128. The van der Waals surface area contributed by atoms with E-state index in [0.29, 0.717) is 26.1 Å². The van der Waals surface area contributed by atoms with Crippen LogP contribution in [0.1, 0.15) is 116 Å². The van der Waals surface area contributed by atoms with Crippen LogP contribution in [0.3, 0.4) is 0 Å². The van der Waals surface area contributed by atoms with Crippen molar-refractivity contribution in [3.63, 3.8) is 0 Å². The predicted molar refractivity (Wildman–Crippen MR) is 182 cm³/mol. The van der Waals surface area contributed by atoms with E-state index in [9.17, 15) is 9.59 Å². The summed E-state index contributed by atoms with van der Waals surface area (Å²) in [6.45, 7) is 15.9. The molecule has 2 rings (SSSR count). The maximum atomic E-state index is 12.3. The van der Waals surface area contributed by atoms with Crippen LogP contribution >= 0.6 is 0 Å². The number of esters is 2. The molecule has 0 aromatic heterocycles. The molecule has 0 saturated carbocycles. The second-order valence-electron chi connectivity index (χ2n) is 12.0. The molecule has 0 aliphatic heterocycles. The molecular formula is C38H60N2O4. The van der Waals surface area contributed by atoms with Crippen LogP contribution < -0.4 is 0 Å². The SMILES string of the molecule is CCCCN(CCCC)CCCC(=O)OCc1ccc(-c2ccc(COC(=O)CCCN(CCCC)CCCC)cc2)cc1. The van der Waals surface area contributed by atoms with Crippen LogP contribution in [0.2, 0.25) is 0 Å². The molecule has 0 spiro atoms. The van der Waals surface area contributed by atoms with Crippen molar-refractivity contribution in [3.05, 3.63) is 59.7 Å². The summed E-state index contributed by atoms with van der Waals surface area (Å²) in [5.41, 5.74) is 4.16. The van der Waals surface area contributed by atoms with Gasteiger partial charge in [-0.25, -0.2) is 0 Å². The fraction of sp³-hybridized carbons (Fsp3) is 0.632. The summed E-state index contributed by atoms with van der Waals surface area (Å²) in [5, 5.41) is 0. The molecule has 0 atom stereocenters. The van der Waals surface area contributed by atoms with Gasteiger partial charge in [0.1, 0.15) is 13.2 Å². The lowest BCUT2D eigenvalue weighted by Gasteiger charge is -2.21.